The van der Waals surface area contributed by atoms with Crippen molar-refractivity contribution in [2.75, 3.05) is 13.4 Å². The Balaban J connectivity index is 3.07. The molecule has 1 aromatic carbocycles. The molecule has 1 rings (SSSR count). The number of rotatable bonds is 2. The van der Waals surface area contributed by atoms with Gasteiger partial charge in [0.05, 0.1) is 12.8 Å². The predicted molar refractivity (Wildman–Crippen MR) is 70.1 cm³/mol. The molecular weight excluding hydrogens is 290 g/mol. The Kier molecular flexibility index (Phi) is 5.15. The largest absolute Gasteiger partial charge is 0.497 e. The number of amidine groups is 1. The highest BCUT2D eigenvalue weighted by Gasteiger charge is 2.03. The molecule has 0 fully saturated rings. The van der Waals surface area contributed by atoms with Crippen LogP contribution in [-0.4, -0.2) is 18.5 Å². The van der Waals surface area contributed by atoms with Gasteiger partial charge >= 0.3 is 0 Å². The average Bonchev–Trinajstić information content (AvgIpc) is 2.31. The molecule has 0 saturated heterocycles. The van der Waals surface area contributed by atoms with Gasteiger partial charge in [0, 0.05) is 10.5 Å². The summed E-state index contributed by atoms with van der Waals surface area (Å²) in [4.78, 5) is 4.29. The van der Waals surface area contributed by atoms with E-state index in [1.54, 1.807) is 13.2 Å². The number of ether oxygens (including phenoxy) is 1. The molecular formula is C10H10BrN3OS. The van der Waals surface area contributed by atoms with E-state index in [4.69, 9.17) is 10.00 Å². The summed E-state index contributed by atoms with van der Waals surface area (Å²) < 4.78 is 5.95. The van der Waals surface area contributed by atoms with Gasteiger partial charge in [0.15, 0.2) is 11.4 Å². The Bertz CT molecular complexity index is 442. The number of methoxy groups -OCH3 is 1. The fourth-order valence-electron chi connectivity index (χ4n) is 0.987. The number of benzene rings is 1. The van der Waals surface area contributed by atoms with E-state index in [0.717, 1.165) is 10.2 Å². The van der Waals surface area contributed by atoms with Crippen LogP contribution in [0.25, 0.3) is 0 Å². The summed E-state index contributed by atoms with van der Waals surface area (Å²) in [6.45, 7) is 0. The first-order valence-electron chi connectivity index (χ1n) is 4.32. The smallest absolute Gasteiger partial charge is 0.183 e. The van der Waals surface area contributed by atoms with Crippen LogP contribution in [0.4, 0.5) is 5.69 Å². The van der Waals surface area contributed by atoms with E-state index in [0.29, 0.717) is 10.9 Å². The SMILES string of the molecule is COc1ccc(Br)c(N=C(NC#N)SC)c1. The van der Waals surface area contributed by atoms with Crippen LogP contribution in [0.5, 0.6) is 5.75 Å². The molecule has 0 aromatic heterocycles. The molecule has 0 unspecified atom stereocenters. The molecule has 0 spiro atoms. The summed E-state index contributed by atoms with van der Waals surface area (Å²) in [6, 6.07) is 5.47. The molecule has 84 valence electrons. The maximum atomic E-state index is 8.52. The Morgan fingerprint density at radius 2 is 2.38 bits per heavy atom. The van der Waals surface area contributed by atoms with E-state index in [-0.39, 0.29) is 0 Å². The van der Waals surface area contributed by atoms with Crippen LogP contribution in [0.2, 0.25) is 0 Å². The monoisotopic (exact) mass is 299 g/mol. The average molecular weight is 300 g/mol. The zero-order valence-electron chi connectivity index (χ0n) is 8.82. The van der Waals surface area contributed by atoms with Crippen molar-refractivity contribution in [3.05, 3.63) is 22.7 Å². The molecule has 0 atom stereocenters. The van der Waals surface area contributed by atoms with Gasteiger partial charge < -0.3 is 4.74 Å². The highest BCUT2D eigenvalue weighted by atomic mass is 79.9. The normalized spacial score (nSPS) is 10.8. The van der Waals surface area contributed by atoms with E-state index in [9.17, 15) is 0 Å². The fraction of sp³-hybridized carbons (Fsp3) is 0.200. The van der Waals surface area contributed by atoms with Gasteiger partial charge in [-0.3, -0.25) is 5.32 Å². The van der Waals surface area contributed by atoms with Crippen LogP contribution in [0.15, 0.2) is 27.7 Å². The fourth-order valence-corrected chi connectivity index (χ4v) is 1.66. The first-order valence-corrected chi connectivity index (χ1v) is 6.34. The molecule has 0 amide bonds. The van der Waals surface area contributed by atoms with Crippen molar-refractivity contribution >= 4 is 38.5 Å². The maximum absolute atomic E-state index is 8.52. The molecule has 4 nitrogen and oxygen atoms in total. The van der Waals surface area contributed by atoms with E-state index in [1.807, 2.05) is 24.6 Å². The number of nitrogens with zero attached hydrogens (tertiary/aromatic N) is 2. The summed E-state index contributed by atoms with van der Waals surface area (Å²) in [5, 5.41) is 11.6. The van der Waals surface area contributed by atoms with E-state index in [1.165, 1.54) is 11.8 Å². The molecule has 0 aliphatic rings. The third-order valence-corrected chi connectivity index (χ3v) is 2.98. The second-order valence-electron chi connectivity index (χ2n) is 2.68. The molecule has 0 saturated carbocycles. The summed E-state index contributed by atoms with van der Waals surface area (Å²) in [5.74, 6) is 0.722. The van der Waals surface area contributed by atoms with Crippen molar-refractivity contribution in [2.24, 2.45) is 4.99 Å². The number of halogens is 1. The number of nitrogens with one attached hydrogen (secondary N) is 1. The molecule has 0 radical (unpaired) electrons. The Labute approximate surface area is 107 Å². The summed E-state index contributed by atoms with van der Waals surface area (Å²) in [5.41, 5.74) is 0.714. The standard InChI is InChI=1S/C10H10BrN3OS/c1-15-7-3-4-8(11)9(5-7)14-10(16-2)13-6-12/h3-5H,1-2H3,(H,13,14). The maximum Gasteiger partial charge on any atom is 0.183 e. The molecule has 0 aliphatic heterocycles. The minimum Gasteiger partial charge on any atom is -0.497 e. The lowest BCUT2D eigenvalue weighted by atomic mass is 10.3. The first kappa shape index (κ1) is 12.9. The van der Waals surface area contributed by atoms with Gasteiger partial charge in [-0.15, -0.1) is 0 Å². The second kappa shape index (κ2) is 6.40. The topological polar surface area (TPSA) is 57.4 Å². The molecule has 0 heterocycles. The van der Waals surface area contributed by atoms with Crippen LogP contribution >= 0.6 is 27.7 Å². The third-order valence-electron chi connectivity index (χ3n) is 1.73. The van der Waals surface area contributed by atoms with Gasteiger partial charge in [-0.2, -0.15) is 5.26 Å². The quantitative estimate of drug-likeness (QED) is 0.395. The molecule has 1 N–H and O–H groups in total. The van der Waals surface area contributed by atoms with Gasteiger partial charge in [-0.25, -0.2) is 4.99 Å². The molecule has 1 aromatic rings. The minimum absolute atomic E-state index is 0.538. The predicted octanol–water partition coefficient (Wildman–Crippen LogP) is 2.88. The van der Waals surface area contributed by atoms with Crippen LogP contribution in [0.3, 0.4) is 0 Å². The molecule has 0 aliphatic carbocycles. The van der Waals surface area contributed by atoms with Crippen LogP contribution in [0.1, 0.15) is 0 Å². The van der Waals surface area contributed by atoms with Crippen molar-refractivity contribution in [1.29, 1.82) is 5.26 Å². The zero-order chi connectivity index (χ0) is 12.0. The number of hydrogen-bond donors (Lipinski definition) is 1. The van der Waals surface area contributed by atoms with Gasteiger partial charge in [-0.05, 0) is 34.3 Å². The number of nitriles is 1. The molecule has 16 heavy (non-hydrogen) atoms. The lowest BCUT2D eigenvalue weighted by Crippen LogP contribution is -2.12. The van der Waals surface area contributed by atoms with E-state index < -0.39 is 0 Å². The molecule has 0 bridgehead atoms. The van der Waals surface area contributed by atoms with Crippen molar-refractivity contribution < 1.29 is 4.74 Å². The lowest BCUT2D eigenvalue weighted by Gasteiger charge is -2.04. The number of aliphatic imine (C=N–C) groups is 1. The van der Waals surface area contributed by atoms with Crippen LogP contribution in [0, 0.1) is 11.5 Å². The van der Waals surface area contributed by atoms with Gasteiger partial charge in [0.25, 0.3) is 0 Å². The highest BCUT2D eigenvalue weighted by Crippen LogP contribution is 2.30. The summed E-state index contributed by atoms with van der Waals surface area (Å²) >= 11 is 4.75. The lowest BCUT2D eigenvalue weighted by molar-refractivity contribution is 0.415. The zero-order valence-corrected chi connectivity index (χ0v) is 11.2. The Hall–Kier alpha value is -1.19. The van der Waals surface area contributed by atoms with Crippen molar-refractivity contribution in [2.45, 2.75) is 0 Å². The van der Waals surface area contributed by atoms with Crippen LogP contribution in [-0.2, 0) is 0 Å². The summed E-state index contributed by atoms with van der Waals surface area (Å²) in [7, 11) is 1.60. The number of thioether (sulfide) groups is 1. The van der Waals surface area contributed by atoms with Gasteiger partial charge in [0.2, 0.25) is 0 Å². The Morgan fingerprint density at radius 1 is 1.62 bits per heavy atom. The highest BCUT2D eigenvalue weighted by molar-refractivity contribution is 9.10. The third kappa shape index (κ3) is 3.43. The van der Waals surface area contributed by atoms with Crippen molar-refractivity contribution in [1.82, 2.24) is 5.32 Å². The molecule has 6 heteroatoms. The number of hydrogen-bond acceptors (Lipinski definition) is 4. The first-order chi connectivity index (χ1) is 7.71. The van der Waals surface area contributed by atoms with Crippen molar-refractivity contribution in [3.8, 4) is 11.9 Å². The van der Waals surface area contributed by atoms with E-state index in [2.05, 4.69) is 26.2 Å². The van der Waals surface area contributed by atoms with Crippen molar-refractivity contribution in [3.63, 3.8) is 0 Å². The Morgan fingerprint density at radius 3 is 2.94 bits per heavy atom. The van der Waals surface area contributed by atoms with Gasteiger partial charge in [0.1, 0.15) is 5.75 Å². The second-order valence-corrected chi connectivity index (χ2v) is 4.32. The summed E-state index contributed by atoms with van der Waals surface area (Å²) in [6.07, 6.45) is 3.68. The van der Waals surface area contributed by atoms with Gasteiger partial charge in [-0.1, -0.05) is 11.8 Å². The van der Waals surface area contributed by atoms with E-state index >= 15 is 0 Å². The minimum atomic E-state index is 0.538. The van der Waals surface area contributed by atoms with Crippen LogP contribution < -0.4 is 10.1 Å².